The average Bonchev–Trinajstić information content (AvgIpc) is 2.24. The summed E-state index contributed by atoms with van der Waals surface area (Å²) in [6, 6.07) is 0. The minimum Gasteiger partial charge on any atom is -0.0763 e. The van der Waals surface area contributed by atoms with Gasteiger partial charge in [0.05, 0.1) is 0 Å². The molecule has 0 heteroatoms. The van der Waals surface area contributed by atoms with Gasteiger partial charge in [-0.1, -0.05) is 13.0 Å². The van der Waals surface area contributed by atoms with Crippen LogP contribution in [0.5, 0.6) is 0 Å². The highest BCUT2D eigenvalue weighted by molar-refractivity contribution is 5.51. The van der Waals surface area contributed by atoms with Crippen molar-refractivity contribution >= 4 is 0 Å². The van der Waals surface area contributed by atoms with Gasteiger partial charge >= 0.3 is 0 Å². The van der Waals surface area contributed by atoms with E-state index in [1.54, 1.807) is 0 Å². The lowest BCUT2D eigenvalue weighted by molar-refractivity contribution is 1.14. The molecule has 0 saturated carbocycles. The second kappa shape index (κ2) is 4.65. The van der Waals surface area contributed by atoms with Crippen molar-refractivity contribution in [3.63, 3.8) is 0 Å². The Labute approximate surface area is 94.0 Å². The van der Waals surface area contributed by atoms with Crippen LogP contribution in [0.2, 0.25) is 0 Å². The summed E-state index contributed by atoms with van der Waals surface area (Å²) in [5, 5.41) is 0. The smallest absolute Gasteiger partial charge is 0.0117 e. The highest BCUT2D eigenvalue weighted by Crippen LogP contribution is 2.25. The Balaban J connectivity index is 3.45. The highest BCUT2D eigenvalue weighted by atomic mass is 14.1. The molecule has 0 unspecified atom stereocenters. The molecular formula is C15H21. The zero-order chi connectivity index (χ0) is 11.6. The molecule has 0 aliphatic heterocycles. The first-order valence-corrected chi connectivity index (χ1v) is 5.65. The van der Waals surface area contributed by atoms with E-state index in [1.807, 2.05) is 0 Å². The molecule has 0 nitrogen and oxygen atoms in total. The maximum atomic E-state index is 3.41. The minimum atomic E-state index is 1.05. The molecule has 0 fully saturated rings. The van der Waals surface area contributed by atoms with Crippen LogP contribution in [0.1, 0.15) is 46.7 Å². The van der Waals surface area contributed by atoms with E-state index in [2.05, 4.69) is 53.7 Å². The molecule has 0 saturated heterocycles. The number of allylic oxidation sites excluding steroid dienone is 1. The van der Waals surface area contributed by atoms with Crippen molar-refractivity contribution in [2.24, 2.45) is 0 Å². The molecule has 0 aliphatic rings. The summed E-state index contributed by atoms with van der Waals surface area (Å²) in [4.78, 5) is 0. The van der Waals surface area contributed by atoms with Gasteiger partial charge in [0.1, 0.15) is 0 Å². The first-order valence-electron chi connectivity index (χ1n) is 5.65. The average molecular weight is 201 g/mol. The van der Waals surface area contributed by atoms with Crippen LogP contribution in [0.15, 0.2) is 6.08 Å². The normalized spacial score (nSPS) is 11.3. The molecule has 0 spiro atoms. The Morgan fingerprint density at radius 2 is 1.20 bits per heavy atom. The summed E-state index contributed by atoms with van der Waals surface area (Å²) in [6.07, 6.45) is 6.58. The molecule has 1 radical (unpaired) electrons. The number of rotatable bonds is 2. The summed E-state index contributed by atoms with van der Waals surface area (Å²) in [5.41, 5.74) is 8.28. The van der Waals surface area contributed by atoms with Gasteiger partial charge in [0.2, 0.25) is 0 Å². The van der Waals surface area contributed by atoms with Gasteiger partial charge in [-0.2, -0.15) is 0 Å². The van der Waals surface area contributed by atoms with Gasteiger partial charge in [-0.25, -0.2) is 0 Å². The first-order chi connectivity index (χ1) is 7.00. The number of hydrogen-bond donors (Lipinski definition) is 0. The second-order valence-corrected chi connectivity index (χ2v) is 4.26. The zero-order valence-electron chi connectivity index (χ0n) is 10.8. The molecule has 0 amide bonds. The maximum absolute atomic E-state index is 3.41. The molecule has 1 aromatic rings. The molecule has 0 aliphatic carbocycles. The third-order valence-electron chi connectivity index (χ3n) is 3.45. The summed E-state index contributed by atoms with van der Waals surface area (Å²) in [6.45, 7) is 13.1. The van der Waals surface area contributed by atoms with Crippen molar-refractivity contribution in [1.29, 1.82) is 0 Å². The van der Waals surface area contributed by atoms with Crippen molar-refractivity contribution in [2.45, 2.75) is 48.0 Å². The Bertz CT molecular complexity index is 366. The van der Waals surface area contributed by atoms with Crippen LogP contribution in [0.3, 0.4) is 0 Å². The van der Waals surface area contributed by atoms with Gasteiger partial charge in [-0.15, -0.1) is 0 Å². The molecule has 0 atom stereocenters. The molecular weight excluding hydrogens is 180 g/mol. The van der Waals surface area contributed by atoms with Crippen molar-refractivity contribution < 1.29 is 0 Å². The maximum Gasteiger partial charge on any atom is -0.0117 e. The van der Waals surface area contributed by atoms with Crippen molar-refractivity contribution in [1.82, 2.24) is 0 Å². The molecule has 81 valence electrons. The van der Waals surface area contributed by atoms with Crippen LogP contribution in [-0.2, 0) is 0 Å². The lowest BCUT2D eigenvalue weighted by Gasteiger charge is -2.16. The number of hydrogen-bond acceptors (Lipinski definition) is 0. The lowest BCUT2D eigenvalue weighted by atomic mass is 9.89. The topological polar surface area (TPSA) is 0 Å². The van der Waals surface area contributed by atoms with Crippen molar-refractivity contribution in [3.8, 4) is 0 Å². The van der Waals surface area contributed by atoms with Crippen LogP contribution in [0.25, 0.3) is 0 Å². The highest BCUT2D eigenvalue weighted by Gasteiger charge is 2.09. The Kier molecular flexibility index (Phi) is 3.73. The lowest BCUT2D eigenvalue weighted by Crippen LogP contribution is -1.99. The Morgan fingerprint density at radius 3 is 1.60 bits per heavy atom. The van der Waals surface area contributed by atoms with Crippen LogP contribution >= 0.6 is 0 Å². The standard InChI is InChI=1S/C15H21/c1-7-8-9-15-13(5)11(3)10(2)12(4)14(15)6/h8H,7H2,1-6H3. The molecule has 0 heterocycles. The first kappa shape index (κ1) is 12.0. The monoisotopic (exact) mass is 201 g/mol. The predicted molar refractivity (Wildman–Crippen MR) is 67.3 cm³/mol. The van der Waals surface area contributed by atoms with Crippen molar-refractivity contribution in [3.05, 3.63) is 45.5 Å². The van der Waals surface area contributed by atoms with E-state index in [0.29, 0.717) is 0 Å². The summed E-state index contributed by atoms with van der Waals surface area (Å²) in [7, 11) is 0. The fraction of sp³-hybridized carbons (Fsp3) is 0.467. The Hall–Kier alpha value is -1.04. The van der Waals surface area contributed by atoms with E-state index in [9.17, 15) is 0 Å². The molecule has 15 heavy (non-hydrogen) atoms. The van der Waals surface area contributed by atoms with Crippen LogP contribution in [0, 0.1) is 40.7 Å². The molecule has 0 bridgehead atoms. The van der Waals surface area contributed by atoms with E-state index in [-0.39, 0.29) is 0 Å². The van der Waals surface area contributed by atoms with E-state index in [0.717, 1.165) is 6.42 Å². The Morgan fingerprint density at radius 1 is 0.800 bits per heavy atom. The third kappa shape index (κ3) is 2.14. The van der Waals surface area contributed by atoms with E-state index in [4.69, 9.17) is 0 Å². The van der Waals surface area contributed by atoms with E-state index >= 15 is 0 Å². The van der Waals surface area contributed by atoms with Crippen molar-refractivity contribution in [2.75, 3.05) is 0 Å². The predicted octanol–water partition coefficient (Wildman–Crippen LogP) is 4.35. The largest absolute Gasteiger partial charge is 0.0763 e. The molecule has 1 rings (SSSR count). The zero-order valence-corrected chi connectivity index (χ0v) is 10.8. The minimum absolute atomic E-state index is 1.05. The van der Waals surface area contributed by atoms with E-state index < -0.39 is 0 Å². The molecule has 1 aromatic carbocycles. The fourth-order valence-corrected chi connectivity index (χ4v) is 1.92. The molecule has 0 N–H and O–H groups in total. The fourth-order valence-electron chi connectivity index (χ4n) is 1.92. The third-order valence-corrected chi connectivity index (χ3v) is 3.45. The SMILES string of the molecule is CC/C=[C]\c1c(C)c(C)c(C)c(C)c1C. The van der Waals surface area contributed by atoms with Gasteiger partial charge in [0, 0.05) is 0 Å². The summed E-state index contributed by atoms with van der Waals surface area (Å²) >= 11 is 0. The van der Waals surface area contributed by atoms with Gasteiger partial charge in [0.25, 0.3) is 0 Å². The van der Waals surface area contributed by atoms with Gasteiger partial charge in [-0.3, -0.25) is 0 Å². The summed E-state index contributed by atoms with van der Waals surface area (Å²) in [5.74, 6) is 0. The van der Waals surface area contributed by atoms with Crippen LogP contribution in [-0.4, -0.2) is 0 Å². The van der Waals surface area contributed by atoms with E-state index in [1.165, 1.54) is 33.4 Å². The quantitative estimate of drug-likeness (QED) is 0.667. The second-order valence-electron chi connectivity index (χ2n) is 4.26. The van der Waals surface area contributed by atoms with Crippen LogP contribution < -0.4 is 0 Å². The summed E-state index contributed by atoms with van der Waals surface area (Å²) < 4.78 is 0. The number of benzene rings is 1. The van der Waals surface area contributed by atoms with Gasteiger partial charge < -0.3 is 0 Å². The van der Waals surface area contributed by atoms with Gasteiger partial charge in [0.15, 0.2) is 0 Å². The van der Waals surface area contributed by atoms with Crippen LogP contribution in [0.4, 0.5) is 0 Å². The van der Waals surface area contributed by atoms with Gasteiger partial charge in [-0.05, 0) is 80.5 Å². The molecule has 0 aromatic heterocycles.